The van der Waals surface area contributed by atoms with Gasteiger partial charge >= 0.3 is 0 Å². The molecule has 2 unspecified atom stereocenters. The van der Waals surface area contributed by atoms with Gasteiger partial charge in [-0.05, 0) is 17.5 Å². The van der Waals surface area contributed by atoms with Gasteiger partial charge in [0.15, 0.2) is 0 Å². The van der Waals surface area contributed by atoms with E-state index in [1.807, 2.05) is 11.8 Å². The van der Waals surface area contributed by atoms with Crippen LogP contribution in [-0.2, 0) is 5.75 Å². The molecule has 3 heteroatoms. The molecule has 0 radical (unpaired) electrons. The zero-order chi connectivity index (χ0) is 11.4. The van der Waals surface area contributed by atoms with Crippen molar-refractivity contribution < 1.29 is 5.11 Å². The van der Waals surface area contributed by atoms with E-state index < -0.39 is 0 Å². The minimum absolute atomic E-state index is 0.219. The molecule has 1 heterocycles. The lowest BCUT2D eigenvalue weighted by atomic mass is 10.0. The van der Waals surface area contributed by atoms with Crippen molar-refractivity contribution in [2.24, 2.45) is 0 Å². The molecule has 0 aromatic heterocycles. The lowest BCUT2D eigenvalue weighted by Crippen LogP contribution is -2.37. The highest BCUT2D eigenvalue weighted by atomic mass is 32.2. The molecule has 2 N–H and O–H groups in total. The molecule has 1 aromatic rings. The zero-order valence-corrected chi connectivity index (χ0v) is 10.5. The summed E-state index contributed by atoms with van der Waals surface area (Å²) >= 11 is 1.96. The van der Waals surface area contributed by atoms with Crippen molar-refractivity contribution in [3.8, 4) is 0 Å². The van der Waals surface area contributed by atoms with Crippen molar-refractivity contribution in [1.29, 1.82) is 0 Å². The van der Waals surface area contributed by atoms with Gasteiger partial charge in [0, 0.05) is 23.6 Å². The van der Waals surface area contributed by atoms with Gasteiger partial charge in [-0.3, -0.25) is 0 Å². The first kappa shape index (κ1) is 12.0. The lowest BCUT2D eigenvalue weighted by molar-refractivity contribution is 0.230. The third-order valence-electron chi connectivity index (χ3n) is 3.12. The maximum Gasteiger partial charge on any atom is 0.0584 e. The van der Waals surface area contributed by atoms with Crippen molar-refractivity contribution in [2.75, 3.05) is 12.4 Å². The van der Waals surface area contributed by atoms with Crippen LogP contribution in [0.25, 0.3) is 0 Å². The lowest BCUT2D eigenvalue weighted by Gasteiger charge is -2.29. The first-order valence-electron chi connectivity index (χ1n) is 5.87. The van der Waals surface area contributed by atoms with Crippen LogP contribution >= 0.6 is 11.8 Å². The summed E-state index contributed by atoms with van der Waals surface area (Å²) in [6, 6.07) is 9.23. The van der Waals surface area contributed by atoms with E-state index in [0.29, 0.717) is 6.04 Å². The van der Waals surface area contributed by atoms with Crippen LogP contribution in [0.15, 0.2) is 24.3 Å². The summed E-state index contributed by atoms with van der Waals surface area (Å²) < 4.78 is 0. The Morgan fingerprint density at radius 3 is 3.06 bits per heavy atom. The van der Waals surface area contributed by atoms with E-state index in [0.717, 1.165) is 17.9 Å². The molecule has 16 heavy (non-hydrogen) atoms. The minimum Gasteiger partial charge on any atom is -0.395 e. The predicted molar refractivity (Wildman–Crippen MR) is 69.6 cm³/mol. The van der Waals surface area contributed by atoms with Crippen molar-refractivity contribution in [3.05, 3.63) is 35.4 Å². The Morgan fingerprint density at radius 1 is 1.50 bits per heavy atom. The van der Waals surface area contributed by atoms with Crippen LogP contribution in [0.5, 0.6) is 0 Å². The van der Waals surface area contributed by atoms with Crippen LogP contribution < -0.4 is 5.32 Å². The predicted octanol–water partition coefficient (Wildman–Crippen LogP) is 2.33. The Balaban J connectivity index is 2.12. The second-order valence-electron chi connectivity index (χ2n) is 4.22. The van der Waals surface area contributed by atoms with Gasteiger partial charge in [-0.25, -0.2) is 0 Å². The number of aliphatic hydroxyl groups excluding tert-OH is 1. The average Bonchev–Trinajstić information content (AvgIpc) is 2.36. The van der Waals surface area contributed by atoms with Gasteiger partial charge in [0.2, 0.25) is 0 Å². The fraction of sp³-hybridized carbons (Fsp3) is 0.538. The Kier molecular flexibility index (Phi) is 4.27. The average molecular weight is 237 g/mol. The summed E-state index contributed by atoms with van der Waals surface area (Å²) in [5, 5.41) is 12.8. The summed E-state index contributed by atoms with van der Waals surface area (Å²) in [6.07, 6.45) is 0.972. The highest BCUT2D eigenvalue weighted by Gasteiger charge is 2.21. The van der Waals surface area contributed by atoms with Crippen LogP contribution in [0.3, 0.4) is 0 Å². The fourth-order valence-corrected chi connectivity index (χ4v) is 3.22. The van der Waals surface area contributed by atoms with Crippen LogP contribution in [0.2, 0.25) is 0 Å². The summed E-state index contributed by atoms with van der Waals surface area (Å²) in [5.41, 5.74) is 2.84. The number of rotatable bonds is 4. The molecule has 2 nitrogen and oxygen atoms in total. The third kappa shape index (κ3) is 2.59. The number of nitrogens with one attached hydrogen (secondary N) is 1. The van der Waals surface area contributed by atoms with Gasteiger partial charge < -0.3 is 10.4 Å². The summed E-state index contributed by atoms with van der Waals surface area (Å²) in [4.78, 5) is 0. The van der Waals surface area contributed by atoms with E-state index in [-0.39, 0.29) is 12.6 Å². The van der Waals surface area contributed by atoms with E-state index in [1.54, 1.807) is 0 Å². The largest absolute Gasteiger partial charge is 0.395 e. The molecule has 1 aromatic carbocycles. The van der Waals surface area contributed by atoms with E-state index in [2.05, 4.69) is 36.5 Å². The fourth-order valence-electron chi connectivity index (χ4n) is 2.10. The quantitative estimate of drug-likeness (QED) is 0.843. The molecule has 0 amide bonds. The van der Waals surface area contributed by atoms with Gasteiger partial charge in [-0.1, -0.05) is 31.2 Å². The first-order valence-corrected chi connectivity index (χ1v) is 7.03. The molecular formula is C13H19NOS. The monoisotopic (exact) mass is 237 g/mol. The highest BCUT2D eigenvalue weighted by molar-refractivity contribution is 7.98. The molecule has 0 fully saturated rings. The van der Waals surface area contributed by atoms with Crippen LogP contribution in [-0.4, -0.2) is 23.5 Å². The summed E-state index contributed by atoms with van der Waals surface area (Å²) in [5.74, 6) is 2.22. The number of benzene rings is 1. The van der Waals surface area contributed by atoms with Crippen molar-refractivity contribution in [3.63, 3.8) is 0 Å². The normalized spacial score (nSPS) is 21.5. The topological polar surface area (TPSA) is 32.3 Å². The van der Waals surface area contributed by atoms with Gasteiger partial charge in [-0.2, -0.15) is 11.8 Å². The Hall–Kier alpha value is -0.510. The van der Waals surface area contributed by atoms with Crippen molar-refractivity contribution in [1.82, 2.24) is 5.32 Å². The zero-order valence-electron chi connectivity index (χ0n) is 9.65. The summed E-state index contributed by atoms with van der Waals surface area (Å²) in [6.45, 7) is 2.33. The molecule has 0 saturated heterocycles. The molecule has 0 saturated carbocycles. The number of aliphatic hydroxyl groups is 1. The van der Waals surface area contributed by atoms with E-state index in [1.165, 1.54) is 11.1 Å². The van der Waals surface area contributed by atoms with Crippen LogP contribution in [0.4, 0.5) is 0 Å². The Bertz CT molecular complexity index is 338. The molecule has 1 aliphatic rings. The second kappa shape index (κ2) is 5.71. The van der Waals surface area contributed by atoms with E-state index >= 15 is 0 Å². The number of hydrogen-bond acceptors (Lipinski definition) is 3. The highest BCUT2D eigenvalue weighted by Crippen LogP contribution is 2.31. The molecular weight excluding hydrogens is 218 g/mol. The molecule has 88 valence electrons. The molecule has 0 aliphatic carbocycles. The molecule has 2 atom stereocenters. The van der Waals surface area contributed by atoms with Crippen LogP contribution in [0, 0.1) is 0 Å². The summed E-state index contributed by atoms with van der Waals surface area (Å²) in [7, 11) is 0. The van der Waals surface area contributed by atoms with Gasteiger partial charge in [0.05, 0.1) is 6.61 Å². The van der Waals surface area contributed by atoms with Gasteiger partial charge in [0.25, 0.3) is 0 Å². The number of thioether (sulfide) groups is 1. The van der Waals surface area contributed by atoms with Crippen molar-refractivity contribution in [2.45, 2.75) is 31.2 Å². The standard InChI is InChI=1S/C13H19NOS/c1-2-11(7-15)14-13-9-16-8-10-5-3-4-6-12(10)13/h3-6,11,13-15H,2,7-9H2,1H3. The maximum absolute atomic E-state index is 9.24. The second-order valence-corrected chi connectivity index (χ2v) is 5.25. The van der Waals surface area contributed by atoms with Crippen LogP contribution in [0.1, 0.15) is 30.5 Å². The molecule has 0 spiro atoms. The molecule has 1 aliphatic heterocycles. The van der Waals surface area contributed by atoms with Gasteiger partial charge in [-0.15, -0.1) is 0 Å². The Morgan fingerprint density at radius 2 is 2.31 bits per heavy atom. The van der Waals surface area contributed by atoms with Gasteiger partial charge in [0.1, 0.15) is 0 Å². The first-order chi connectivity index (χ1) is 7.85. The maximum atomic E-state index is 9.24. The Labute approximate surface area is 101 Å². The van der Waals surface area contributed by atoms with E-state index in [4.69, 9.17) is 0 Å². The smallest absolute Gasteiger partial charge is 0.0584 e. The molecule has 2 rings (SSSR count). The number of fused-ring (bicyclic) bond motifs is 1. The van der Waals surface area contributed by atoms with E-state index in [9.17, 15) is 5.11 Å². The SMILES string of the molecule is CCC(CO)NC1CSCc2ccccc21. The number of hydrogen-bond donors (Lipinski definition) is 2. The minimum atomic E-state index is 0.219. The van der Waals surface area contributed by atoms with Crippen molar-refractivity contribution >= 4 is 11.8 Å². The molecule has 0 bridgehead atoms. The third-order valence-corrected chi connectivity index (χ3v) is 4.21.